The quantitative estimate of drug-likeness (QED) is 0.803. The van der Waals surface area contributed by atoms with E-state index in [1.54, 1.807) is 36.3 Å². The summed E-state index contributed by atoms with van der Waals surface area (Å²) < 4.78 is 10.5. The minimum absolute atomic E-state index is 0.151. The van der Waals surface area contributed by atoms with Crippen LogP contribution in [0.1, 0.15) is 27.8 Å². The summed E-state index contributed by atoms with van der Waals surface area (Å²) in [6.07, 6.45) is 1.49. The van der Waals surface area contributed by atoms with Crippen molar-refractivity contribution in [3.8, 4) is 11.5 Å². The molecule has 1 fully saturated rings. The molecule has 0 aliphatic carbocycles. The monoisotopic (exact) mass is 398 g/mol. The maximum absolute atomic E-state index is 12.8. The second kappa shape index (κ2) is 9.38. The molecule has 2 heterocycles. The summed E-state index contributed by atoms with van der Waals surface area (Å²) in [5.41, 5.74) is 1.20. The van der Waals surface area contributed by atoms with Gasteiger partial charge in [-0.15, -0.1) is 0 Å². The van der Waals surface area contributed by atoms with Crippen LogP contribution in [0.5, 0.6) is 11.5 Å². The SMILES string of the molecule is CCN1CCN(C(=O)c2cc(C(=O)Nc3ccc(OC)c(OC)c3)ccn2)CC1. The highest BCUT2D eigenvalue weighted by atomic mass is 16.5. The molecule has 8 heteroatoms. The van der Waals surface area contributed by atoms with E-state index < -0.39 is 0 Å². The number of amides is 2. The van der Waals surface area contributed by atoms with E-state index in [4.69, 9.17) is 9.47 Å². The van der Waals surface area contributed by atoms with Gasteiger partial charge in [0.15, 0.2) is 11.5 Å². The molecule has 154 valence electrons. The third-order valence-corrected chi connectivity index (χ3v) is 4.99. The first-order valence-electron chi connectivity index (χ1n) is 9.56. The van der Waals surface area contributed by atoms with Gasteiger partial charge in [-0.2, -0.15) is 0 Å². The summed E-state index contributed by atoms with van der Waals surface area (Å²) in [7, 11) is 3.08. The third-order valence-electron chi connectivity index (χ3n) is 4.99. The number of hydrogen-bond acceptors (Lipinski definition) is 6. The van der Waals surface area contributed by atoms with Gasteiger partial charge >= 0.3 is 0 Å². The van der Waals surface area contributed by atoms with Crippen LogP contribution in [0.4, 0.5) is 5.69 Å². The maximum Gasteiger partial charge on any atom is 0.272 e. The van der Waals surface area contributed by atoms with Crippen molar-refractivity contribution in [3.05, 3.63) is 47.8 Å². The molecule has 29 heavy (non-hydrogen) atoms. The summed E-state index contributed by atoms with van der Waals surface area (Å²) in [6.45, 7) is 6.11. The standard InChI is InChI=1S/C21H26N4O4/c1-4-24-9-11-25(12-10-24)21(27)17-13-15(7-8-22-17)20(26)23-16-5-6-18(28-2)19(14-16)29-3/h5-8,13-14H,4,9-12H2,1-3H3,(H,23,26). The molecule has 8 nitrogen and oxygen atoms in total. The van der Waals surface area contributed by atoms with Gasteiger partial charge in [-0.25, -0.2) is 0 Å². The summed E-state index contributed by atoms with van der Waals surface area (Å²) in [4.78, 5) is 33.7. The summed E-state index contributed by atoms with van der Waals surface area (Å²) in [5, 5.41) is 2.81. The van der Waals surface area contributed by atoms with Gasteiger partial charge in [0.25, 0.3) is 11.8 Å². The van der Waals surface area contributed by atoms with Gasteiger partial charge in [-0.1, -0.05) is 6.92 Å². The van der Waals surface area contributed by atoms with E-state index in [2.05, 4.69) is 22.1 Å². The average Bonchev–Trinajstić information content (AvgIpc) is 2.78. The molecule has 0 saturated carbocycles. The molecule has 0 spiro atoms. The first-order valence-corrected chi connectivity index (χ1v) is 9.56. The number of nitrogens with one attached hydrogen (secondary N) is 1. The van der Waals surface area contributed by atoms with Gasteiger partial charge in [-0.05, 0) is 30.8 Å². The Morgan fingerprint density at radius 3 is 2.41 bits per heavy atom. The van der Waals surface area contributed by atoms with E-state index in [0.717, 1.165) is 19.6 Å². The van der Waals surface area contributed by atoms with Crippen LogP contribution in [0.3, 0.4) is 0 Å². The lowest BCUT2D eigenvalue weighted by molar-refractivity contribution is 0.0637. The first kappa shape index (κ1) is 20.6. The number of piperazine rings is 1. The Morgan fingerprint density at radius 1 is 1.03 bits per heavy atom. The number of aromatic nitrogens is 1. The van der Waals surface area contributed by atoms with E-state index >= 15 is 0 Å². The second-order valence-electron chi connectivity index (χ2n) is 6.68. The highest BCUT2D eigenvalue weighted by Gasteiger charge is 2.23. The van der Waals surface area contributed by atoms with Crippen molar-refractivity contribution in [2.75, 3.05) is 52.3 Å². The molecule has 1 aliphatic heterocycles. The van der Waals surface area contributed by atoms with Crippen molar-refractivity contribution >= 4 is 17.5 Å². The number of likely N-dealkylation sites (N-methyl/N-ethyl adjacent to an activating group) is 1. The number of anilines is 1. The normalized spacial score (nSPS) is 14.4. The lowest BCUT2D eigenvalue weighted by atomic mass is 10.2. The Hall–Kier alpha value is -3.13. The molecular formula is C21H26N4O4. The Balaban J connectivity index is 1.70. The molecule has 1 aliphatic rings. The zero-order chi connectivity index (χ0) is 20.8. The van der Waals surface area contributed by atoms with Crippen LogP contribution >= 0.6 is 0 Å². The van der Waals surface area contributed by atoms with E-state index in [0.29, 0.717) is 35.8 Å². The van der Waals surface area contributed by atoms with Crippen LogP contribution < -0.4 is 14.8 Å². The predicted octanol–water partition coefficient (Wildman–Crippen LogP) is 2.13. The Bertz CT molecular complexity index is 879. The van der Waals surface area contributed by atoms with Crippen molar-refractivity contribution < 1.29 is 19.1 Å². The van der Waals surface area contributed by atoms with E-state index in [1.807, 2.05) is 0 Å². The van der Waals surface area contributed by atoms with Gasteiger partial charge in [-0.3, -0.25) is 14.6 Å². The fourth-order valence-corrected chi connectivity index (χ4v) is 3.24. The molecular weight excluding hydrogens is 372 g/mol. The molecule has 2 amide bonds. The topological polar surface area (TPSA) is 84.0 Å². The van der Waals surface area contributed by atoms with Crippen LogP contribution in [0.15, 0.2) is 36.5 Å². The van der Waals surface area contributed by atoms with Crippen molar-refractivity contribution in [1.29, 1.82) is 0 Å². The molecule has 1 N–H and O–H groups in total. The van der Waals surface area contributed by atoms with Gasteiger partial charge < -0.3 is 24.6 Å². The first-order chi connectivity index (χ1) is 14.0. The smallest absolute Gasteiger partial charge is 0.272 e. The van der Waals surface area contributed by atoms with Gasteiger partial charge in [0, 0.05) is 49.7 Å². The summed E-state index contributed by atoms with van der Waals surface area (Å²) >= 11 is 0. The zero-order valence-electron chi connectivity index (χ0n) is 17.0. The number of carbonyl (C=O) groups excluding carboxylic acids is 2. The second-order valence-corrected chi connectivity index (χ2v) is 6.68. The average molecular weight is 398 g/mol. The van der Waals surface area contributed by atoms with Crippen molar-refractivity contribution in [2.45, 2.75) is 6.92 Å². The molecule has 0 radical (unpaired) electrons. The Kier molecular flexibility index (Phi) is 6.66. The minimum atomic E-state index is -0.329. The number of rotatable bonds is 6. The van der Waals surface area contributed by atoms with Crippen LogP contribution in [0.2, 0.25) is 0 Å². The largest absolute Gasteiger partial charge is 0.493 e. The van der Waals surface area contributed by atoms with E-state index in [-0.39, 0.29) is 17.5 Å². The molecule has 0 atom stereocenters. The van der Waals surface area contributed by atoms with E-state index in [1.165, 1.54) is 19.4 Å². The van der Waals surface area contributed by atoms with Gasteiger partial charge in [0.1, 0.15) is 5.69 Å². The van der Waals surface area contributed by atoms with Crippen molar-refractivity contribution in [2.24, 2.45) is 0 Å². The third kappa shape index (κ3) is 4.83. The number of ether oxygens (including phenoxy) is 2. The summed E-state index contributed by atoms with van der Waals surface area (Å²) in [5.74, 6) is 0.610. The minimum Gasteiger partial charge on any atom is -0.493 e. The Labute approximate surface area is 170 Å². The van der Waals surface area contributed by atoms with Crippen LogP contribution in [-0.2, 0) is 0 Å². The van der Waals surface area contributed by atoms with Gasteiger partial charge in [0.2, 0.25) is 0 Å². The van der Waals surface area contributed by atoms with E-state index in [9.17, 15) is 9.59 Å². The molecule has 1 saturated heterocycles. The summed E-state index contributed by atoms with van der Waals surface area (Å²) in [6, 6.07) is 8.23. The van der Waals surface area contributed by atoms with Crippen molar-refractivity contribution in [1.82, 2.24) is 14.8 Å². The fraction of sp³-hybridized carbons (Fsp3) is 0.381. The molecule has 1 aromatic carbocycles. The molecule has 2 aromatic rings. The zero-order valence-corrected chi connectivity index (χ0v) is 17.0. The molecule has 0 bridgehead atoms. The Morgan fingerprint density at radius 2 is 1.76 bits per heavy atom. The number of pyridine rings is 1. The van der Waals surface area contributed by atoms with Crippen LogP contribution in [-0.4, -0.2) is 73.5 Å². The molecule has 0 unspecified atom stereocenters. The molecule has 3 rings (SSSR count). The van der Waals surface area contributed by atoms with Crippen molar-refractivity contribution in [3.63, 3.8) is 0 Å². The van der Waals surface area contributed by atoms with Gasteiger partial charge in [0.05, 0.1) is 14.2 Å². The maximum atomic E-state index is 12.8. The van der Waals surface area contributed by atoms with Crippen LogP contribution in [0, 0.1) is 0 Å². The highest BCUT2D eigenvalue weighted by molar-refractivity contribution is 6.05. The van der Waals surface area contributed by atoms with Crippen LogP contribution in [0.25, 0.3) is 0 Å². The number of benzene rings is 1. The number of hydrogen-bond donors (Lipinski definition) is 1. The fourth-order valence-electron chi connectivity index (χ4n) is 3.24. The molecule has 1 aromatic heterocycles. The number of carbonyl (C=O) groups is 2. The lowest BCUT2D eigenvalue weighted by Gasteiger charge is -2.33. The number of nitrogens with zero attached hydrogens (tertiary/aromatic N) is 3. The number of methoxy groups -OCH3 is 2. The highest BCUT2D eigenvalue weighted by Crippen LogP contribution is 2.29. The predicted molar refractivity (Wildman–Crippen MR) is 110 cm³/mol. The lowest BCUT2D eigenvalue weighted by Crippen LogP contribution is -2.48.